The van der Waals surface area contributed by atoms with E-state index in [9.17, 15) is 14.4 Å². The van der Waals surface area contributed by atoms with Crippen molar-refractivity contribution in [1.82, 2.24) is 9.38 Å². The van der Waals surface area contributed by atoms with Crippen molar-refractivity contribution in [1.29, 1.82) is 0 Å². The van der Waals surface area contributed by atoms with Crippen LogP contribution >= 0.6 is 11.3 Å². The van der Waals surface area contributed by atoms with E-state index in [1.807, 2.05) is 6.07 Å². The lowest BCUT2D eigenvalue weighted by atomic mass is 10.2. The Morgan fingerprint density at radius 1 is 1.14 bits per heavy atom. The van der Waals surface area contributed by atoms with Crippen LogP contribution in [0.5, 0.6) is 0 Å². The Balaban J connectivity index is 1.99. The minimum atomic E-state index is -0.697. The molecule has 0 aliphatic heterocycles. The fourth-order valence-electron chi connectivity index (χ4n) is 2.76. The summed E-state index contributed by atoms with van der Waals surface area (Å²) in [6.07, 6.45) is 1.73. The zero-order chi connectivity index (χ0) is 20.3. The zero-order valence-corrected chi connectivity index (χ0v) is 16.5. The number of fused-ring (bicyclic) bond motifs is 1. The summed E-state index contributed by atoms with van der Waals surface area (Å²) in [5.74, 6) is -1.79. The Hall–Kier alpha value is -3.20. The van der Waals surface area contributed by atoms with Crippen molar-refractivity contribution in [2.45, 2.75) is 20.8 Å². The summed E-state index contributed by atoms with van der Waals surface area (Å²) in [6, 6.07) is 5.41. The third kappa shape index (κ3) is 3.61. The van der Waals surface area contributed by atoms with Gasteiger partial charge in [0.2, 0.25) is 0 Å². The molecule has 0 bridgehead atoms. The normalized spacial score (nSPS) is 10.7. The highest BCUT2D eigenvalue weighted by Gasteiger charge is 2.27. The van der Waals surface area contributed by atoms with E-state index in [2.05, 4.69) is 10.3 Å². The van der Waals surface area contributed by atoms with E-state index in [1.54, 1.807) is 43.5 Å². The minimum absolute atomic E-state index is 0.00914. The van der Waals surface area contributed by atoms with Gasteiger partial charge in [-0.2, -0.15) is 0 Å². The fourth-order valence-corrected chi connectivity index (χ4v) is 3.68. The van der Waals surface area contributed by atoms with Crippen LogP contribution in [0.3, 0.4) is 0 Å². The smallest absolute Gasteiger partial charge is 0.342 e. The van der Waals surface area contributed by atoms with Crippen LogP contribution in [-0.2, 0) is 9.47 Å². The second kappa shape index (κ2) is 8.22. The summed E-state index contributed by atoms with van der Waals surface area (Å²) < 4.78 is 11.7. The van der Waals surface area contributed by atoms with Crippen LogP contribution in [0.25, 0.3) is 5.65 Å². The second-order valence-electron chi connectivity index (χ2n) is 5.72. The number of aryl methyl sites for hydroxylation is 1. The van der Waals surface area contributed by atoms with E-state index in [0.717, 1.165) is 11.3 Å². The number of anilines is 1. The van der Waals surface area contributed by atoms with Gasteiger partial charge in [0.1, 0.15) is 21.9 Å². The molecule has 1 N–H and O–H groups in total. The molecule has 3 heterocycles. The second-order valence-corrected chi connectivity index (χ2v) is 6.60. The van der Waals surface area contributed by atoms with Crippen LogP contribution in [0.2, 0.25) is 0 Å². The number of nitrogens with zero attached hydrogens (tertiary/aromatic N) is 2. The molecule has 28 heavy (non-hydrogen) atoms. The Labute approximate surface area is 165 Å². The summed E-state index contributed by atoms with van der Waals surface area (Å²) in [6.45, 7) is 5.36. The number of imidazole rings is 1. The summed E-state index contributed by atoms with van der Waals surface area (Å²) in [4.78, 5) is 41.9. The summed E-state index contributed by atoms with van der Waals surface area (Å²) in [5.41, 5.74) is 1.58. The number of pyridine rings is 1. The molecular formula is C19H19N3O5S. The van der Waals surface area contributed by atoms with Gasteiger partial charge in [-0.25, -0.2) is 14.6 Å². The topological polar surface area (TPSA) is 99.0 Å². The van der Waals surface area contributed by atoms with Crippen LogP contribution in [0, 0.1) is 6.92 Å². The fraction of sp³-hybridized carbons (Fsp3) is 0.263. The third-order valence-electron chi connectivity index (χ3n) is 3.91. The third-order valence-corrected chi connectivity index (χ3v) is 4.81. The molecule has 0 aliphatic rings. The molecule has 8 nitrogen and oxygen atoms in total. The lowest BCUT2D eigenvalue weighted by molar-refractivity contribution is 0.0481. The zero-order valence-electron chi connectivity index (χ0n) is 15.6. The van der Waals surface area contributed by atoms with Gasteiger partial charge in [-0.1, -0.05) is 6.07 Å². The van der Waals surface area contributed by atoms with E-state index in [1.165, 1.54) is 5.38 Å². The molecule has 3 aromatic rings. The van der Waals surface area contributed by atoms with E-state index in [4.69, 9.17) is 9.47 Å². The first kappa shape index (κ1) is 19.6. The molecule has 0 radical (unpaired) electrons. The van der Waals surface area contributed by atoms with Crippen molar-refractivity contribution in [3.63, 3.8) is 0 Å². The molecule has 0 unspecified atom stereocenters. The summed E-state index contributed by atoms with van der Waals surface area (Å²) in [7, 11) is 0. The van der Waals surface area contributed by atoms with Crippen LogP contribution in [0.15, 0.2) is 29.8 Å². The Kier molecular flexibility index (Phi) is 5.74. The van der Waals surface area contributed by atoms with Crippen molar-refractivity contribution in [2.75, 3.05) is 18.5 Å². The largest absolute Gasteiger partial charge is 0.462 e. The van der Waals surface area contributed by atoms with E-state index < -0.39 is 17.8 Å². The van der Waals surface area contributed by atoms with Gasteiger partial charge in [0.05, 0.1) is 24.5 Å². The SMILES string of the molecule is CCOC(=O)c1csc(NC(=O)c2c(C)nc3ccccn23)c1C(=O)OCC. The first-order chi connectivity index (χ1) is 13.5. The monoisotopic (exact) mass is 401 g/mol. The van der Waals surface area contributed by atoms with Gasteiger partial charge in [0, 0.05) is 11.6 Å². The summed E-state index contributed by atoms with van der Waals surface area (Å²) in [5, 5.41) is 4.41. The quantitative estimate of drug-likeness (QED) is 0.636. The van der Waals surface area contributed by atoms with Crippen molar-refractivity contribution >= 4 is 39.8 Å². The number of hydrogen-bond acceptors (Lipinski definition) is 7. The van der Waals surface area contributed by atoms with Gasteiger partial charge in [0.25, 0.3) is 5.91 Å². The average Bonchev–Trinajstić information content (AvgIpc) is 3.22. The molecule has 0 fully saturated rings. The number of ether oxygens (including phenoxy) is 2. The van der Waals surface area contributed by atoms with Crippen LogP contribution in [0.1, 0.15) is 50.7 Å². The number of nitrogens with one attached hydrogen (secondary N) is 1. The number of carbonyl (C=O) groups is 3. The molecule has 0 saturated heterocycles. The van der Waals surface area contributed by atoms with Gasteiger partial charge in [-0.3, -0.25) is 9.20 Å². The maximum atomic E-state index is 12.9. The number of aromatic nitrogens is 2. The maximum absolute atomic E-state index is 12.9. The molecule has 0 atom stereocenters. The van der Waals surface area contributed by atoms with Crippen molar-refractivity contribution in [3.8, 4) is 0 Å². The van der Waals surface area contributed by atoms with Crippen LogP contribution < -0.4 is 5.32 Å². The van der Waals surface area contributed by atoms with Gasteiger partial charge < -0.3 is 14.8 Å². The number of thiophene rings is 1. The number of hydrogen-bond donors (Lipinski definition) is 1. The van der Waals surface area contributed by atoms with Gasteiger partial charge in [-0.05, 0) is 32.9 Å². The molecule has 0 saturated carbocycles. The number of esters is 2. The van der Waals surface area contributed by atoms with E-state index in [0.29, 0.717) is 17.0 Å². The highest BCUT2D eigenvalue weighted by Crippen LogP contribution is 2.30. The molecule has 9 heteroatoms. The van der Waals surface area contributed by atoms with Crippen molar-refractivity contribution in [2.24, 2.45) is 0 Å². The molecule has 0 spiro atoms. The molecule has 146 valence electrons. The lowest BCUT2D eigenvalue weighted by Gasteiger charge is -2.08. The maximum Gasteiger partial charge on any atom is 0.342 e. The van der Waals surface area contributed by atoms with Gasteiger partial charge >= 0.3 is 11.9 Å². The molecule has 0 aliphatic carbocycles. The molecule has 3 rings (SSSR count). The minimum Gasteiger partial charge on any atom is -0.462 e. The van der Waals surface area contributed by atoms with Crippen molar-refractivity contribution < 1.29 is 23.9 Å². The molecule has 0 aromatic carbocycles. The first-order valence-electron chi connectivity index (χ1n) is 8.68. The van der Waals surface area contributed by atoms with Crippen LogP contribution in [-0.4, -0.2) is 40.4 Å². The Bertz CT molecular complexity index is 1050. The number of amides is 1. The standard InChI is InChI=1S/C19H19N3O5S/c1-4-26-18(24)12-10-28-17(14(12)19(25)27-5-2)21-16(23)15-11(3)20-13-8-6-7-9-22(13)15/h6-10H,4-5H2,1-3H3,(H,21,23). The first-order valence-corrected chi connectivity index (χ1v) is 9.56. The van der Waals surface area contributed by atoms with E-state index >= 15 is 0 Å². The molecular weight excluding hydrogens is 382 g/mol. The highest BCUT2D eigenvalue weighted by molar-refractivity contribution is 7.15. The summed E-state index contributed by atoms with van der Waals surface area (Å²) >= 11 is 1.06. The average molecular weight is 401 g/mol. The van der Waals surface area contributed by atoms with Crippen molar-refractivity contribution in [3.05, 3.63) is 52.3 Å². The molecule has 3 aromatic heterocycles. The van der Waals surface area contributed by atoms with Gasteiger partial charge in [0.15, 0.2) is 0 Å². The van der Waals surface area contributed by atoms with Gasteiger partial charge in [-0.15, -0.1) is 11.3 Å². The highest BCUT2D eigenvalue weighted by atomic mass is 32.1. The molecule has 1 amide bonds. The Morgan fingerprint density at radius 2 is 1.86 bits per heavy atom. The van der Waals surface area contributed by atoms with E-state index in [-0.39, 0.29) is 29.3 Å². The number of carbonyl (C=O) groups excluding carboxylic acids is 3. The number of rotatable bonds is 6. The van der Waals surface area contributed by atoms with Crippen LogP contribution in [0.4, 0.5) is 5.00 Å². The predicted molar refractivity (Wildman–Crippen MR) is 104 cm³/mol. The lowest BCUT2D eigenvalue weighted by Crippen LogP contribution is -2.18. The Morgan fingerprint density at radius 3 is 2.57 bits per heavy atom. The predicted octanol–water partition coefficient (Wildman–Crippen LogP) is 3.31.